The predicted molar refractivity (Wildman–Crippen MR) is 57.0 cm³/mol. The summed E-state index contributed by atoms with van der Waals surface area (Å²) in [6, 6.07) is 3.83. The van der Waals surface area contributed by atoms with E-state index >= 15 is 0 Å². The summed E-state index contributed by atoms with van der Waals surface area (Å²) in [7, 11) is 3.84. The highest BCUT2D eigenvalue weighted by Crippen LogP contribution is 2.49. The number of anilines is 1. The van der Waals surface area contributed by atoms with E-state index < -0.39 is 5.97 Å². The Morgan fingerprint density at radius 3 is 2.87 bits per heavy atom. The molecule has 15 heavy (non-hydrogen) atoms. The average Bonchev–Trinajstić information content (AvgIpc) is 2.97. The molecule has 1 N–H and O–H groups in total. The van der Waals surface area contributed by atoms with E-state index in [1.807, 2.05) is 31.1 Å². The topological polar surface area (TPSA) is 53.4 Å². The lowest BCUT2D eigenvalue weighted by atomic mass is 10.1. The Bertz CT molecular complexity index is 390. The second-order valence-corrected chi connectivity index (χ2v) is 4.10. The van der Waals surface area contributed by atoms with Gasteiger partial charge in [0.25, 0.3) is 0 Å². The third-order valence-corrected chi connectivity index (χ3v) is 2.75. The molecule has 2 atom stereocenters. The Morgan fingerprint density at radius 2 is 2.33 bits per heavy atom. The van der Waals surface area contributed by atoms with Gasteiger partial charge in [-0.3, -0.25) is 4.79 Å². The van der Waals surface area contributed by atoms with Crippen LogP contribution in [0.25, 0.3) is 0 Å². The number of aliphatic carboxylic acids is 1. The van der Waals surface area contributed by atoms with Crippen LogP contribution in [-0.2, 0) is 4.79 Å². The van der Waals surface area contributed by atoms with Crippen LogP contribution in [0.3, 0.4) is 0 Å². The lowest BCUT2D eigenvalue weighted by Crippen LogP contribution is -2.13. The lowest BCUT2D eigenvalue weighted by Gasteiger charge is -2.15. The maximum atomic E-state index is 10.8. The van der Waals surface area contributed by atoms with E-state index in [0.29, 0.717) is 0 Å². The zero-order valence-electron chi connectivity index (χ0n) is 8.84. The minimum atomic E-state index is -0.700. The van der Waals surface area contributed by atoms with Gasteiger partial charge in [-0.05, 0) is 18.1 Å². The van der Waals surface area contributed by atoms with Crippen molar-refractivity contribution in [2.45, 2.75) is 12.3 Å². The molecule has 4 heteroatoms. The van der Waals surface area contributed by atoms with Crippen molar-refractivity contribution in [3.63, 3.8) is 0 Å². The highest BCUT2D eigenvalue weighted by Gasteiger charge is 2.45. The largest absolute Gasteiger partial charge is 0.481 e. The number of pyridine rings is 1. The van der Waals surface area contributed by atoms with Crippen LogP contribution in [0.4, 0.5) is 5.82 Å². The summed E-state index contributed by atoms with van der Waals surface area (Å²) in [6.45, 7) is 0. The number of nitrogens with zero attached hydrogens (tertiary/aromatic N) is 2. The van der Waals surface area contributed by atoms with Crippen LogP contribution in [-0.4, -0.2) is 30.2 Å². The summed E-state index contributed by atoms with van der Waals surface area (Å²) in [6.07, 6.45) is 2.47. The first-order valence-corrected chi connectivity index (χ1v) is 4.96. The molecule has 0 amide bonds. The first-order chi connectivity index (χ1) is 7.11. The highest BCUT2D eigenvalue weighted by atomic mass is 16.4. The van der Waals surface area contributed by atoms with Gasteiger partial charge in [0.05, 0.1) is 5.92 Å². The van der Waals surface area contributed by atoms with Gasteiger partial charge in [0.2, 0.25) is 0 Å². The van der Waals surface area contributed by atoms with Crippen molar-refractivity contribution in [2.24, 2.45) is 5.92 Å². The maximum absolute atomic E-state index is 10.8. The Kier molecular flexibility index (Phi) is 2.34. The first kappa shape index (κ1) is 9.96. The van der Waals surface area contributed by atoms with Crippen LogP contribution >= 0.6 is 0 Å². The predicted octanol–water partition coefficient (Wildman–Crippen LogP) is 1.34. The number of carboxylic acid groups (broad SMARTS) is 1. The number of carboxylic acids is 1. The van der Waals surface area contributed by atoms with E-state index in [4.69, 9.17) is 5.11 Å². The molecule has 2 rings (SSSR count). The molecule has 1 aromatic heterocycles. The molecule has 0 saturated heterocycles. The van der Waals surface area contributed by atoms with Gasteiger partial charge in [-0.1, -0.05) is 6.07 Å². The average molecular weight is 206 g/mol. The van der Waals surface area contributed by atoms with Gasteiger partial charge in [-0.15, -0.1) is 0 Å². The fourth-order valence-corrected chi connectivity index (χ4v) is 1.88. The van der Waals surface area contributed by atoms with Gasteiger partial charge >= 0.3 is 5.97 Å². The van der Waals surface area contributed by atoms with Crippen LogP contribution in [0.5, 0.6) is 0 Å². The SMILES string of the molecule is CN(C)c1ncccc1C1CC1C(=O)O. The molecule has 1 fully saturated rings. The van der Waals surface area contributed by atoms with Crippen molar-refractivity contribution < 1.29 is 9.90 Å². The van der Waals surface area contributed by atoms with Crippen LogP contribution < -0.4 is 4.90 Å². The van der Waals surface area contributed by atoms with Crippen molar-refractivity contribution in [2.75, 3.05) is 19.0 Å². The summed E-state index contributed by atoms with van der Waals surface area (Å²) in [5.74, 6) is 0.112. The zero-order valence-corrected chi connectivity index (χ0v) is 8.84. The molecule has 0 aliphatic heterocycles. The van der Waals surface area contributed by atoms with Gasteiger partial charge in [-0.2, -0.15) is 0 Å². The van der Waals surface area contributed by atoms with Crippen LogP contribution in [0, 0.1) is 5.92 Å². The Labute approximate surface area is 88.6 Å². The summed E-state index contributed by atoms with van der Waals surface area (Å²) in [5.41, 5.74) is 1.05. The van der Waals surface area contributed by atoms with Crippen molar-refractivity contribution in [3.05, 3.63) is 23.9 Å². The molecule has 0 bridgehead atoms. The van der Waals surface area contributed by atoms with Gasteiger partial charge < -0.3 is 10.0 Å². The van der Waals surface area contributed by atoms with Gasteiger partial charge in [0.1, 0.15) is 5.82 Å². The number of rotatable bonds is 3. The minimum Gasteiger partial charge on any atom is -0.481 e. The van der Waals surface area contributed by atoms with E-state index in [1.165, 1.54) is 0 Å². The summed E-state index contributed by atoms with van der Waals surface area (Å²) in [4.78, 5) is 17.0. The molecular formula is C11H14N2O2. The number of hydrogen-bond acceptors (Lipinski definition) is 3. The standard InChI is InChI=1S/C11H14N2O2/c1-13(2)10-7(4-3-5-12-10)8-6-9(8)11(14)15/h3-5,8-9H,6H2,1-2H3,(H,14,15). The Morgan fingerprint density at radius 1 is 1.60 bits per heavy atom. The van der Waals surface area contributed by atoms with E-state index in [2.05, 4.69) is 4.98 Å². The van der Waals surface area contributed by atoms with Crippen molar-refractivity contribution in [1.29, 1.82) is 0 Å². The number of aromatic nitrogens is 1. The van der Waals surface area contributed by atoms with Crippen molar-refractivity contribution >= 4 is 11.8 Å². The lowest BCUT2D eigenvalue weighted by molar-refractivity contribution is -0.138. The van der Waals surface area contributed by atoms with Crippen molar-refractivity contribution in [1.82, 2.24) is 4.98 Å². The molecule has 1 saturated carbocycles. The quantitative estimate of drug-likeness (QED) is 0.810. The molecule has 2 unspecified atom stereocenters. The molecule has 80 valence electrons. The van der Waals surface area contributed by atoms with E-state index in [0.717, 1.165) is 17.8 Å². The fourth-order valence-electron chi connectivity index (χ4n) is 1.88. The van der Waals surface area contributed by atoms with Crippen LogP contribution in [0.1, 0.15) is 17.9 Å². The van der Waals surface area contributed by atoms with E-state index in [-0.39, 0.29) is 11.8 Å². The number of hydrogen-bond donors (Lipinski definition) is 1. The zero-order chi connectivity index (χ0) is 11.0. The molecule has 0 aromatic carbocycles. The van der Waals surface area contributed by atoms with E-state index in [9.17, 15) is 4.79 Å². The molecular weight excluding hydrogens is 192 g/mol. The molecule has 1 aromatic rings. The third kappa shape index (κ3) is 1.79. The Balaban J connectivity index is 2.26. The van der Waals surface area contributed by atoms with Crippen molar-refractivity contribution in [3.8, 4) is 0 Å². The second kappa shape index (κ2) is 3.53. The number of carbonyl (C=O) groups is 1. The first-order valence-electron chi connectivity index (χ1n) is 4.96. The van der Waals surface area contributed by atoms with Gasteiger partial charge in [-0.25, -0.2) is 4.98 Å². The highest BCUT2D eigenvalue weighted by molar-refractivity contribution is 5.76. The third-order valence-electron chi connectivity index (χ3n) is 2.75. The smallest absolute Gasteiger partial charge is 0.307 e. The second-order valence-electron chi connectivity index (χ2n) is 4.10. The monoisotopic (exact) mass is 206 g/mol. The molecule has 4 nitrogen and oxygen atoms in total. The van der Waals surface area contributed by atoms with Crippen LogP contribution in [0.2, 0.25) is 0 Å². The van der Waals surface area contributed by atoms with Gasteiger partial charge in [0, 0.05) is 26.2 Å². The van der Waals surface area contributed by atoms with E-state index in [1.54, 1.807) is 6.20 Å². The minimum absolute atomic E-state index is 0.147. The maximum Gasteiger partial charge on any atom is 0.307 e. The summed E-state index contributed by atoms with van der Waals surface area (Å²) >= 11 is 0. The Hall–Kier alpha value is -1.58. The molecule has 1 aliphatic carbocycles. The molecule has 0 radical (unpaired) electrons. The molecule has 0 spiro atoms. The fraction of sp³-hybridized carbons (Fsp3) is 0.455. The molecule has 1 heterocycles. The van der Waals surface area contributed by atoms with Gasteiger partial charge in [0.15, 0.2) is 0 Å². The molecule has 1 aliphatic rings. The summed E-state index contributed by atoms with van der Waals surface area (Å²) in [5, 5.41) is 8.88. The normalized spacial score (nSPS) is 23.6. The summed E-state index contributed by atoms with van der Waals surface area (Å²) < 4.78 is 0. The van der Waals surface area contributed by atoms with Crippen LogP contribution in [0.15, 0.2) is 18.3 Å².